The number of nitrogens with one attached hydrogen (secondary N) is 1. The number of thiophene rings is 5. The highest BCUT2D eigenvalue weighted by Gasteiger charge is 2.22. The maximum absolute atomic E-state index is 13.8. The highest BCUT2D eigenvalue weighted by molar-refractivity contribution is 7.90. The van der Waals surface area contributed by atoms with Gasteiger partial charge >= 0.3 is 0 Å². The van der Waals surface area contributed by atoms with Crippen molar-refractivity contribution in [2.75, 3.05) is 88.0 Å². The average Bonchev–Trinajstić information content (AvgIpc) is 1.92. The molecule has 0 unspecified atom stereocenters. The number of hydrogen-bond donors (Lipinski definition) is 10. The fraction of sp³-hybridized carbons (Fsp3) is 0.123. The number of amides is 5. The smallest absolute Gasteiger partial charge is 0.254 e. The standard InChI is InChI=1S/C20H22N4O3S.C17H14N4OS.C15H13N3O3S2.C15H13N3OS.C14H10FN3OS/c21-19-15-11-17(28-18(15)16(12-23-19)20(22)25)13-1-3-14(4-2-13)27-10-7-24-5-8-26-9-6-24;1-20-6-5-10-3-2-4-11(7-10)14-8-12-15(23-14)13(17(19)22)9-21-16(12)18;1-23(20,21)9-4-2-8(3-5-9)12-6-10-13(22-12)11(15(17)19)7-18-14(10)16;1-17-15(19)11-8-18-14(16)10-7-12(20-13(10)11)9-5-3-2-4-6-9;15-10-4-2-1-3-7(10)11-5-8-12(20-11)9(14(17)19)6-18-13(8)16/h1-4,11-12H,5-10H2,(H2,21,23)(H2,22,25);2-4,7-9H,5-6H2,(H2,18,21)(H2,19,22);2-7H,1H3,(H2,16,18)(H2,17,19);2-8H,1H3,(H2,16,18)(H,17,19);1-6H,(H2,16,18)(H2,17,19). The number of halogens is 1. The van der Waals surface area contributed by atoms with Crippen molar-refractivity contribution in [3.05, 3.63) is 239 Å². The van der Waals surface area contributed by atoms with Crippen molar-refractivity contribution in [2.45, 2.75) is 11.3 Å². The molecule has 0 atom stereocenters. The zero-order valence-electron chi connectivity index (χ0n) is 60.9. The van der Waals surface area contributed by atoms with E-state index in [1.54, 1.807) is 66.9 Å². The van der Waals surface area contributed by atoms with Crippen LogP contribution in [-0.2, 0) is 21.0 Å². The summed E-state index contributed by atoms with van der Waals surface area (Å²) in [6.45, 7) is 12.4. The molecule has 16 rings (SSSR count). The number of carbonyl (C=O) groups is 5. The fourth-order valence-electron chi connectivity index (χ4n) is 11.9. The van der Waals surface area contributed by atoms with E-state index >= 15 is 0 Å². The number of sulfone groups is 1. The predicted molar refractivity (Wildman–Crippen MR) is 456 cm³/mol. The minimum atomic E-state index is -3.24. The summed E-state index contributed by atoms with van der Waals surface area (Å²) in [6.07, 6.45) is 8.99. The van der Waals surface area contributed by atoms with Gasteiger partial charge in [-0.15, -0.1) is 56.7 Å². The molecule has 33 heteroatoms. The molecule has 19 N–H and O–H groups in total. The maximum atomic E-state index is 13.8. The van der Waals surface area contributed by atoms with Gasteiger partial charge in [0, 0.05) is 127 Å². The fourth-order valence-corrected chi connectivity index (χ4v) is 18.5. The van der Waals surface area contributed by atoms with E-state index in [2.05, 4.69) is 46.0 Å². The van der Waals surface area contributed by atoms with Crippen LogP contribution < -0.4 is 61.7 Å². The lowest BCUT2D eigenvalue weighted by atomic mass is 10.1. The molecule has 0 radical (unpaired) electrons. The summed E-state index contributed by atoms with van der Waals surface area (Å²) in [4.78, 5) is 88.8. The number of hydrogen-bond acceptors (Lipinski definition) is 25. The Hall–Kier alpha value is -12.9. The van der Waals surface area contributed by atoms with Gasteiger partial charge in [-0.25, -0.2) is 44.3 Å². The first-order valence-electron chi connectivity index (χ1n) is 34.6. The van der Waals surface area contributed by atoms with Crippen LogP contribution in [0.1, 0.15) is 57.4 Å². The van der Waals surface area contributed by atoms with Crippen molar-refractivity contribution in [1.82, 2.24) is 35.1 Å². The normalized spacial score (nSPS) is 11.9. The quantitative estimate of drug-likeness (QED) is 0.0379. The first kappa shape index (κ1) is 80.6. The predicted octanol–water partition coefficient (Wildman–Crippen LogP) is 13.2. The van der Waals surface area contributed by atoms with Crippen molar-refractivity contribution < 1.29 is 46.3 Å². The number of aromatic nitrogens is 5. The number of pyridine rings is 5. The zero-order valence-corrected chi connectivity index (χ0v) is 65.8. The van der Waals surface area contributed by atoms with Crippen LogP contribution in [0.2, 0.25) is 0 Å². The number of rotatable bonds is 17. The van der Waals surface area contributed by atoms with Gasteiger partial charge in [0.25, 0.3) is 29.5 Å². The lowest BCUT2D eigenvalue weighted by Crippen LogP contribution is -2.38. The van der Waals surface area contributed by atoms with Crippen LogP contribution >= 0.6 is 56.7 Å². The monoisotopic (exact) mass is 1640 g/mol. The molecule has 0 saturated carbocycles. The van der Waals surface area contributed by atoms with Gasteiger partial charge in [-0.1, -0.05) is 84.9 Å². The molecular formula is C81H72FN17O9S6. The van der Waals surface area contributed by atoms with E-state index in [0.717, 1.165) is 129 Å². The van der Waals surface area contributed by atoms with E-state index in [4.69, 9.17) is 67.6 Å². The van der Waals surface area contributed by atoms with E-state index in [9.17, 15) is 36.8 Å². The molecular weight excluding hydrogens is 1570 g/mol. The second-order valence-corrected chi connectivity index (χ2v) is 32.7. The third-order valence-corrected chi connectivity index (χ3v) is 25.1. The van der Waals surface area contributed by atoms with E-state index in [0.29, 0.717) is 101 Å². The Balaban J connectivity index is 0.000000133. The molecule has 11 heterocycles. The zero-order chi connectivity index (χ0) is 81.1. The number of primary amides is 4. The lowest BCUT2D eigenvalue weighted by molar-refractivity contribution is 0.0322. The molecule has 5 aromatic carbocycles. The minimum Gasteiger partial charge on any atom is -0.492 e. The Morgan fingerprint density at radius 2 is 0.877 bits per heavy atom. The summed E-state index contributed by atoms with van der Waals surface area (Å²) in [5.74, 6) is 0.0362. The van der Waals surface area contributed by atoms with E-state index in [-0.39, 0.29) is 16.6 Å². The Morgan fingerprint density at radius 1 is 0.500 bits per heavy atom. The van der Waals surface area contributed by atoms with Crippen molar-refractivity contribution >= 4 is 176 Å². The van der Waals surface area contributed by atoms with Gasteiger partial charge in [0.05, 0.1) is 69.4 Å². The summed E-state index contributed by atoms with van der Waals surface area (Å²) in [6, 6.07) is 48.3. The van der Waals surface area contributed by atoms with E-state index in [1.165, 1.54) is 82.4 Å². The number of anilines is 5. The van der Waals surface area contributed by atoms with Crippen molar-refractivity contribution in [2.24, 2.45) is 22.9 Å². The number of morpholine rings is 1. The number of fused-ring (bicyclic) bond motifs is 5. The molecule has 578 valence electrons. The number of carbonyl (C=O) groups excluding carboxylic acids is 5. The Morgan fingerprint density at radius 3 is 1.30 bits per heavy atom. The van der Waals surface area contributed by atoms with Gasteiger partial charge in [-0.05, 0) is 101 Å². The van der Waals surface area contributed by atoms with Crippen LogP contribution in [0.3, 0.4) is 0 Å². The Labute approximate surface area is 671 Å². The second kappa shape index (κ2) is 35.6. The Bertz CT molecular complexity index is 6320. The number of benzene rings is 5. The van der Waals surface area contributed by atoms with Gasteiger partial charge in [0.15, 0.2) is 9.84 Å². The topological polar surface area (TPSA) is 456 Å². The first-order chi connectivity index (χ1) is 54.8. The largest absolute Gasteiger partial charge is 0.492 e. The highest BCUT2D eigenvalue weighted by atomic mass is 32.2. The number of ether oxygens (including phenoxy) is 2. The van der Waals surface area contributed by atoms with Gasteiger partial charge < -0.3 is 71.2 Å². The molecule has 0 aliphatic carbocycles. The van der Waals surface area contributed by atoms with Crippen molar-refractivity contribution in [1.29, 1.82) is 0 Å². The SMILES string of the molecule is CNC(=O)c1cnc(N)c2cc(-c3ccccc3)sc12.CS(=O)(=O)c1ccc(-c2cc3c(N)ncc(C(N)=O)c3s2)cc1.NC(=O)c1cnc(N)c2cc(-c3ccc(OCCN4CCOCC4)cc3)sc12.NC(=O)c1cnc(N)c2cc(-c3ccccc3F)sc12.[C-]#[N+]CCc1cccc(-c2cc3c(N)ncc(C(N)=O)c3s2)c1. The summed E-state index contributed by atoms with van der Waals surface area (Å²) in [5.41, 5.74) is 58.5. The summed E-state index contributed by atoms with van der Waals surface area (Å²) < 4.78 is 51.8. The van der Waals surface area contributed by atoms with Gasteiger partial charge in [-0.2, -0.15) is 0 Å². The minimum absolute atomic E-state index is 0.149. The third-order valence-electron chi connectivity index (χ3n) is 17.9. The Kier molecular flexibility index (Phi) is 25.2. The molecule has 0 bridgehead atoms. The van der Waals surface area contributed by atoms with Gasteiger partial charge in [0.1, 0.15) is 47.3 Å². The van der Waals surface area contributed by atoms with E-state index < -0.39 is 33.5 Å². The number of nitrogen functional groups attached to an aromatic ring is 5. The molecule has 1 aliphatic heterocycles. The third kappa shape index (κ3) is 18.5. The van der Waals surface area contributed by atoms with Crippen LogP contribution in [0, 0.1) is 12.4 Å². The second-order valence-electron chi connectivity index (χ2n) is 25.4. The summed E-state index contributed by atoms with van der Waals surface area (Å²) in [7, 11) is -1.63. The maximum Gasteiger partial charge on any atom is 0.254 e. The molecule has 15 aromatic rings. The molecule has 10 aromatic heterocycles. The molecule has 1 fully saturated rings. The van der Waals surface area contributed by atoms with Crippen molar-refractivity contribution in [3.8, 4) is 58.0 Å². The molecule has 114 heavy (non-hydrogen) atoms. The van der Waals surface area contributed by atoms with Gasteiger partial charge in [0.2, 0.25) is 6.54 Å². The average molecular weight is 1640 g/mol. The number of nitrogens with two attached hydrogens (primary N) is 9. The first-order valence-corrected chi connectivity index (χ1v) is 40.6. The molecule has 1 saturated heterocycles. The molecule has 0 spiro atoms. The van der Waals surface area contributed by atoms with Crippen LogP contribution in [0.4, 0.5) is 33.5 Å². The lowest BCUT2D eigenvalue weighted by Gasteiger charge is -2.26. The van der Waals surface area contributed by atoms with E-state index in [1.807, 2.05) is 97.1 Å². The van der Waals surface area contributed by atoms with Gasteiger partial charge in [-0.3, -0.25) is 28.9 Å². The summed E-state index contributed by atoms with van der Waals surface area (Å²) >= 11 is 7.14. The van der Waals surface area contributed by atoms with Crippen LogP contribution in [-0.4, -0.2) is 127 Å². The van der Waals surface area contributed by atoms with Crippen LogP contribution in [0.5, 0.6) is 5.75 Å². The van der Waals surface area contributed by atoms with Crippen molar-refractivity contribution in [3.63, 3.8) is 0 Å². The number of nitrogens with zero attached hydrogens (tertiary/aromatic N) is 7. The molecule has 5 amide bonds. The highest BCUT2D eigenvalue weighted by Crippen LogP contribution is 2.43. The molecule has 1 aliphatic rings. The van der Waals surface area contributed by atoms with Crippen LogP contribution in [0.25, 0.3) is 107 Å². The summed E-state index contributed by atoms with van der Waals surface area (Å²) in [5, 5.41) is 6.23. The molecule has 26 nitrogen and oxygen atoms in total. The van der Waals surface area contributed by atoms with Crippen LogP contribution in [0.15, 0.2) is 194 Å².